The van der Waals surface area contributed by atoms with Gasteiger partial charge in [-0.2, -0.15) is 0 Å². The van der Waals surface area contributed by atoms with Gasteiger partial charge < -0.3 is 5.11 Å². The number of halogens is 2. The normalized spacial score (nSPS) is 12.8. The summed E-state index contributed by atoms with van der Waals surface area (Å²) in [5.74, 6) is -0.453. The van der Waals surface area contributed by atoms with Gasteiger partial charge in [0.1, 0.15) is 0 Å². The minimum Gasteiger partial charge on any atom is -0.481 e. The van der Waals surface area contributed by atoms with Gasteiger partial charge in [0, 0.05) is 6.42 Å². The minimum atomic E-state index is -0.734. The van der Waals surface area contributed by atoms with E-state index in [4.69, 9.17) is 5.11 Å². The van der Waals surface area contributed by atoms with E-state index in [1.165, 1.54) is 5.56 Å². The Bertz CT molecular complexity index is 336. The fourth-order valence-electron chi connectivity index (χ4n) is 1.18. The number of carbonyl (C=O) groups is 1. The first-order chi connectivity index (χ1) is 6.50. The first kappa shape index (κ1) is 12.2. The zero-order chi connectivity index (χ0) is 10.7. The summed E-state index contributed by atoms with van der Waals surface area (Å²) >= 11 is 8.49. The average Bonchev–Trinajstić information content (AvgIpc) is 2.41. The molecular formula is C9H10Br2O2S. The summed E-state index contributed by atoms with van der Waals surface area (Å²) in [6, 6.07) is 2.04. The Hall–Kier alpha value is 0.130. The first-order valence-electron chi connectivity index (χ1n) is 4.17. The highest BCUT2D eigenvalue weighted by Crippen LogP contribution is 2.37. The number of rotatable bonds is 4. The fraction of sp³-hybridized carbons (Fsp3) is 0.444. The highest BCUT2D eigenvalue weighted by molar-refractivity contribution is 9.12. The van der Waals surface area contributed by atoms with Gasteiger partial charge in [0.15, 0.2) is 0 Å². The van der Waals surface area contributed by atoms with E-state index >= 15 is 0 Å². The third-order valence-electron chi connectivity index (χ3n) is 2.01. The van der Waals surface area contributed by atoms with Gasteiger partial charge in [0.2, 0.25) is 0 Å². The number of carboxylic acid groups (broad SMARTS) is 1. The molecule has 0 amide bonds. The Kier molecular flexibility index (Phi) is 4.60. The van der Waals surface area contributed by atoms with Crippen LogP contribution in [0.2, 0.25) is 0 Å². The molecule has 0 spiro atoms. The summed E-state index contributed by atoms with van der Waals surface area (Å²) in [5, 5.41) is 8.57. The van der Waals surface area contributed by atoms with Crippen molar-refractivity contribution >= 4 is 49.2 Å². The van der Waals surface area contributed by atoms with E-state index in [1.54, 1.807) is 11.3 Å². The SMILES string of the molecule is CC(CCC(=O)O)c1cc(Br)sc1Br. The Morgan fingerprint density at radius 2 is 2.29 bits per heavy atom. The summed E-state index contributed by atoms with van der Waals surface area (Å²) in [6.45, 7) is 2.04. The molecule has 1 atom stereocenters. The zero-order valence-corrected chi connectivity index (χ0v) is 11.6. The number of aliphatic carboxylic acids is 1. The third kappa shape index (κ3) is 3.37. The van der Waals surface area contributed by atoms with Crippen molar-refractivity contribution in [1.29, 1.82) is 0 Å². The van der Waals surface area contributed by atoms with Crippen LogP contribution in [-0.4, -0.2) is 11.1 Å². The highest BCUT2D eigenvalue weighted by atomic mass is 79.9. The lowest BCUT2D eigenvalue weighted by Crippen LogP contribution is -1.99. The second-order valence-corrected chi connectivity index (χ2v) is 6.86. The summed E-state index contributed by atoms with van der Waals surface area (Å²) in [4.78, 5) is 10.4. The van der Waals surface area contributed by atoms with Crippen LogP contribution in [-0.2, 0) is 4.79 Å². The molecule has 1 aromatic rings. The molecule has 5 heteroatoms. The molecule has 2 nitrogen and oxygen atoms in total. The van der Waals surface area contributed by atoms with Gasteiger partial charge >= 0.3 is 5.97 Å². The van der Waals surface area contributed by atoms with Gasteiger partial charge in [-0.1, -0.05) is 6.92 Å². The molecule has 0 radical (unpaired) electrons. The first-order valence-corrected chi connectivity index (χ1v) is 6.57. The topological polar surface area (TPSA) is 37.3 Å². The smallest absolute Gasteiger partial charge is 0.303 e. The summed E-state index contributed by atoms with van der Waals surface area (Å²) < 4.78 is 2.16. The van der Waals surface area contributed by atoms with Gasteiger partial charge in [-0.25, -0.2) is 0 Å². The van der Waals surface area contributed by atoms with Crippen LogP contribution in [0.3, 0.4) is 0 Å². The van der Waals surface area contributed by atoms with Crippen molar-refractivity contribution in [1.82, 2.24) is 0 Å². The molecule has 1 N–H and O–H groups in total. The van der Waals surface area contributed by atoms with E-state index < -0.39 is 5.97 Å². The van der Waals surface area contributed by atoms with E-state index in [1.807, 2.05) is 13.0 Å². The zero-order valence-electron chi connectivity index (χ0n) is 7.59. The predicted molar refractivity (Wildman–Crippen MR) is 65.0 cm³/mol. The van der Waals surface area contributed by atoms with E-state index in [2.05, 4.69) is 31.9 Å². The van der Waals surface area contributed by atoms with Crippen molar-refractivity contribution in [3.63, 3.8) is 0 Å². The van der Waals surface area contributed by atoms with Gasteiger partial charge in [-0.3, -0.25) is 4.79 Å². The minimum absolute atomic E-state index is 0.223. The van der Waals surface area contributed by atoms with Crippen LogP contribution in [0.5, 0.6) is 0 Å². The number of hydrogen-bond donors (Lipinski definition) is 1. The van der Waals surface area contributed by atoms with Crippen LogP contribution in [0.25, 0.3) is 0 Å². The quantitative estimate of drug-likeness (QED) is 0.889. The lowest BCUT2D eigenvalue weighted by atomic mass is 9.99. The van der Waals surface area contributed by atoms with Crippen LogP contribution in [0.4, 0.5) is 0 Å². The molecule has 0 aliphatic rings. The van der Waals surface area contributed by atoms with E-state index in [0.717, 1.165) is 7.57 Å². The van der Waals surface area contributed by atoms with Crippen molar-refractivity contribution in [2.24, 2.45) is 0 Å². The van der Waals surface area contributed by atoms with Crippen LogP contribution in [0, 0.1) is 0 Å². The second-order valence-electron chi connectivity index (χ2n) is 3.11. The Morgan fingerprint density at radius 1 is 1.64 bits per heavy atom. The van der Waals surface area contributed by atoms with E-state index in [0.29, 0.717) is 6.42 Å². The van der Waals surface area contributed by atoms with Crippen LogP contribution >= 0.6 is 43.2 Å². The predicted octanol–water partition coefficient (Wildman–Crippen LogP) is 4.24. The van der Waals surface area contributed by atoms with E-state index in [9.17, 15) is 4.79 Å². The molecule has 0 aromatic carbocycles. The molecule has 1 aromatic heterocycles. The Balaban J connectivity index is 2.64. The molecule has 0 saturated carbocycles. The molecular weight excluding hydrogens is 332 g/mol. The van der Waals surface area contributed by atoms with Crippen LogP contribution in [0.1, 0.15) is 31.2 Å². The average molecular weight is 342 g/mol. The molecule has 78 valence electrons. The molecule has 1 unspecified atom stereocenters. The summed E-state index contributed by atoms with van der Waals surface area (Å²) in [5.41, 5.74) is 1.18. The Morgan fingerprint density at radius 3 is 2.71 bits per heavy atom. The lowest BCUT2D eigenvalue weighted by Gasteiger charge is -2.08. The summed E-state index contributed by atoms with van der Waals surface area (Å²) in [7, 11) is 0. The number of carboxylic acids is 1. The van der Waals surface area contributed by atoms with Gasteiger partial charge in [0.25, 0.3) is 0 Å². The van der Waals surface area contributed by atoms with Crippen LogP contribution in [0.15, 0.2) is 13.6 Å². The maximum absolute atomic E-state index is 10.4. The highest BCUT2D eigenvalue weighted by Gasteiger charge is 2.13. The standard InChI is InChI=1S/C9H10Br2O2S/c1-5(2-3-8(12)13)6-4-7(10)14-9(6)11/h4-5H,2-3H2,1H3,(H,12,13). The number of hydrogen-bond acceptors (Lipinski definition) is 2. The molecule has 0 aliphatic carbocycles. The molecule has 1 rings (SSSR count). The lowest BCUT2D eigenvalue weighted by molar-refractivity contribution is -0.137. The second kappa shape index (κ2) is 5.28. The molecule has 0 saturated heterocycles. The molecule has 14 heavy (non-hydrogen) atoms. The largest absolute Gasteiger partial charge is 0.481 e. The van der Waals surface area contributed by atoms with Gasteiger partial charge in [-0.15, -0.1) is 11.3 Å². The maximum atomic E-state index is 10.4. The fourth-order valence-corrected chi connectivity index (χ4v) is 4.33. The van der Waals surface area contributed by atoms with Crippen molar-refractivity contribution in [3.05, 3.63) is 19.2 Å². The van der Waals surface area contributed by atoms with Crippen molar-refractivity contribution in [2.45, 2.75) is 25.7 Å². The van der Waals surface area contributed by atoms with Crippen LogP contribution < -0.4 is 0 Å². The Labute approximate surface area is 104 Å². The molecule has 0 bridgehead atoms. The maximum Gasteiger partial charge on any atom is 0.303 e. The molecule has 0 fully saturated rings. The third-order valence-corrected chi connectivity index (χ3v) is 4.39. The molecule has 0 aliphatic heterocycles. The van der Waals surface area contributed by atoms with Crippen molar-refractivity contribution in [2.75, 3.05) is 0 Å². The van der Waals surface area contributed by atoms with Gasteiger partial charge in [0.05, 0.1) is 7.57 Å². The van der Waals surface area contributed by atoms with Crippen molar-refractivity contribution in [3.8, 4) is 0 Å². The van der Waals surface area contributed by atoms with Gasteiger partial charge in [-0.05, 0) is 55.8 Å². The van der Waals surface area contributed by atoms with E-state index in [-0.39, 0.29) is 12.3 Å². The monoisotopic (exact) mass is 340 g/mol. The molecule has 1 heterocycles. The summed E-state index contributed by atoms with van der Waals surface area (Å²) in [6.07, 6.45) is 0.901. The number of thiophene rings is 1. The van der Waals surface area contributed by atoms with Crippen molar-refractivity contribution < 1.29 is 9.90 Å².